The van der Waals surface area contributed by atoms with Crippen LogP contribution in [0.4, 0.5) is 0 Å². The summed E-state index contributed by atoms with van der Waals surface area (Å²) in [5.41, 5.74) is 1.16. The second-order valence-corrected chi connectivity index (χ2v) is 6.34. The minimum atomic E-state index is -0.207. The second-order valence-electron chi connectivity index (χ2n) is 6.34. The quantitative estimate of drug-likeness (QED) is 0.868. The van der Waals surface area contributed by atoms with Crippen LogP contribution in [0.25, 0.3) is 5.65 Å². The monoisotopic (exact) mass is 315 g/mol. The first-order chi connectivity index (χ1) is 11.2. The molecule has 4 rings (SSSR count). The van der Waals surface area contributed by atoms with Crippen molar-refractivity contribution in [2.75, 3.05) is 26.2 Å². The summed E-state index contributed by atoms with van der Waals surface area (Å²) < 4.78 is 1.62. The van der Waals surface area contributed by atoms with E-state index in [0.717, 1.165) is 32.4 Å². The predicted molar refractivity (Wildman–Crippen MR) is 84.1 cm³/mol. The van der Waals surface area contributed by atoms with Gasteiger partial charge in [0.1, 0.15) is 5.56 Å². The van der Waals surface area contributed by atoms with Crippen molar-refractivity contribution < 1.29 is 9.90 Å². The fraction of sp³-hybridized carbons (Fsp3) is 0.562. The molecule has 2 aromatic heterocycles. The molecule has 23 heavy (non-hydrogen) atoms. The van der Waals surface area contributed by atoms with E-state index in [-0.39, 0.29) is 18.1 Å². The number of aliphatic hydroxyl groups excluding tert-OH is 1. The number of piperazine rings is 1. The molecule has 1 saturated carbocycles. The van der Waals surface area contributed by atoms with Crippen LogP contribution in [-0.4, -0.2) is 73.7 Å². The van der Waals surface area contributed by atoms with E-state index in [2.05, 4.69) is 15.0 Å². The molecule has 0 aromatic carbocycles. The third-order valence-electron chi connectivity index (χ3n) is 5.02. The minimum Gasteiger partial charge on any atom is -0.391 e. The molecule has 0 radical (unpaired) electrons. The van der Waals surface area contributed by atoms with Crippen LogP contribution in [-0.2, 0) is 0 Å². The summed E-state index contributed by atoms with van der Waals surface area (Å²) in [6.45, 7) is 3.01. The van der Waals surface area contributed by atoms with Crippen LogP contribution in [0.2, 0.25) is 0 Å². The zero-order valence-corrected chi connectivity index (χ0v) is 13.0. The Morgan fingerprint density at radius 1 is 1.22 bits per heavy atom. The summed E-state index contributed by atoms with van der Waals surface area (Å²) in [6, 6.07) is 2.06. The van der Waals surface area contributed by atoms with Gasteiger partial charge in [-0.25, -0.2) is 9.50 Å². The summed E-state index contributed by atoms with van der Waals surface area (Å²) in [6.07, 6.45) is 7.91. The average molecular weight is 315 g/mol. The fourth-order valence-electron chi connectivity index (χ4n) is 3.75. The molecule has 1 aliphatic heterocycles. The Bertz CT molecular complexity index is 707. The van der Waals surface area contributed by atoms with Gasteiger partial charge in [-0.15, -0.1) is 0 Å². The van der Waals surface area contributed by atoms with Gasteiger partial charge < -0.3 is 10.0 Å². The molecule has 2 aromatic rings. The van der Waals surface area contributed by atoms with E-state index >= 15 is 0 Å². The molecular formula is C16H21N5O2. The van der Waals surface area contributed by atoms with Crippen LogP contribution in [0.3, 0.4) is 0 Å². The number of aliphatic hydroxyl groups is 1. The van der Waals surface area contributed by atoms with Crippen LogP contribution in [0.5, 0.6) is 0 Å². The molecule has 2 fully saturated rings. The average Bonchev–Trinajstić information content (AvgIpc) is 3.20. The number of amides is 1. The highest BCUT2D eigenvalue weighted by molar-refractivity contribution is 5.99. The predicted octanol–water partition coefficient (Wildman–Crippen LogP) is 0.401. The lowest BCUT2D eigenvalue weighted by Gasteiger charge is -2.39. The lowest BCUT2D eigenvalue weighted by atomic mass is 10.1. The molecule has 7 heteroatoms. The van der Waals surface area contributed by atoms with Crippen LogP contribution >= 0.6 is 0 Å². The van der Waals surface area contributed by atoms with Crippen LogP contribution < -0.4 is 0 Å². The lowest BCUT2D eigenvalue weighted by Crippen LogP contribution is -2.53. The Kier molecular flexibility index (Phi) is 3.74. The maximum absolute atomic E-state index is 12.7. The Labute approximate surface area is 134 Å². The van der Waals surface area contributed by atoms with E-state index in [0.29, 0.717) is 24.3 Å². The molecule has 1 amide bonds. The van der Waals surface area contributed by atoms with Crippen LogP contribution in [0.1, 0.15) is 29.6 Å². The van der Waals surface area contributed by atoms with Crippen molar-refractivity contribution in [3.63, 3.8) is 0 Å². The largest absolute Gasteiger partial charge is 0.391 e. The first kappa shape index (κ1) is 14.6. The second kappa shape index (κ2) is 5.90. The lowest BCUT2D eigenvalue weighted by molar-refractivity contribution is 0.0316. The van der Waals surface area contributed by atoms with E-state index in [9.17, 15) is 9.90 Å². The topological polar surface area (TPSA) is 74.0 Å². The molecule has 122 valence electrons. The smallest absolute Gasteiger partial charge is 0.259 e. The molecule has 1 N–H and O–H groups in total. The van der Waals surface area contributed by atoms with Crippen molar-refractivity contribution in [1.29, 1.82) is 0 Å². The van der Waals surface area contributed by atoms with Gasteiger partial charge in [0.15, 0.2) is 5.65 Å². The maximum atomic E-state index is 12.7. The van der Waals surface area contributed by atoms with Gasteiger partial charge in [-0.1, -0.05) is 0 Å². The van der Waals surface area contributed by atoms with Crippen LogP contribution in [0.15, 0.2) is 24.7 Å². The zero-order chi connectivity index (χ0) is 15.8. The third kappa shape index (κ3) is 2.60. The van der Waals surface area contributed by atoms with Crippen molar-refractivity contribution in [1.82, 2.24) is 24.4 Å². The molecular weight excluding hydrogens is 294 g/mol. The highest BCUT2D eigenvalue weighted by atomic mass is 16.3. The zero-order valence-electron chi connectivity index (χ0n) is 13.0. The van der Waals surface area contributed by atoms with Crippen LogP contribution in [0, 0.1) is 0 Å². The number of hydrogen-bond donors (Lipinski definition) is 1. The van der Waals surface area contributed by atoms with Crippen molar-refractivity contribution in [3.8, 4) is 0 Å². The molecule has 0 spiro atoms. The highest BCUT2D eigenvalue weighted by Crippen LogP contribution is 2.25. The SMILES string of the molecule is O=C(c1cnn2cccnc12)N1CCN([C@@H]2CCC[C@@H]2O)CC1. The number of nitrogens with zero attached hydrogens (tertiary/aromatic N) is 5. The first-order valence-electron chi connectivity index (χ1n) is 8.24. The van der Waals surface area contributed by atoms with Gasteiger partial charge in [0.25, 0.3) is 5.91 Å². The summed E-state index contributed by atoms with van der Waals surface area (Å²) in [7, 11) is 0. The van der Waals surface area contributed by atoms with Gasteiger partial charge in [0.05, 0.1) is 12.3 Å². The first-order valence-corrected chi connectivity index (χ1v) is 8.24. The molecule has 2 aliphatic rings. The summed E-state index contributed by atoms with van der Waals surface area (Å²) in [4.78, 5) is 21.2. The van der Waals surface area contributed by atoms with Crippen molar-refractivity contribution in [2.24, 2.45) is 0 Å². The van der Waals surface area contributed by atoms with E-state index in [1.54, 1.807) is 29.2 Å². The van der Waals surface area contributed by atoms with Gasteiger partial charge in [0.2, 0.25) is 0 Å². The normalized spacial score (nSPS) is 26.0. The van der Waals surface area contributed by atoms with Gasteiger partial charge in [-0.3, -0.25) is 9.69 Å². The van der Waals surface area contributed by atoms with Crippen molar-refractivity contribution in [3.05, 3.63) is 30.2 Å². The molecule has 1 aliphatic carbocycles. The number of fused-ring (bicyclic) bond motifs is 1. The Hall–Kier alpha value is -1.99. The Morgan fingerprint density at radius 2 is 2.04 bits per heavy atom. The van der Waals surface area contributed by atoms with Crippen molar-refractivity contribution >= 4 is 11.6 Å². The van der Waals surface area contributed by atoms with E-state index in [4.69, 9.17) is 0 Å². The number of rotatable bonds is 2. The molecule has 0 bridgehead atoms. The summed E-state index contributed by atoms with van der Waals surface area (Å²) in [5.74, 6) is -0.00896. The number of hydrogen-bond acceptors (Lipinski definition) is 5. The maximum Gasteiger partial charge on any atom is 0.259 e. The standard InChI is InChI=1S/C16H21N5O2/c22-14-4-1-3-13(14)19-7-9-20(10-8-19)16(23)12-11-18-21-6-2-5-17-15(12)21/h2,5-6,11,13-14,22H,1,3-4,7-10H2/t13-,14+/m1/s1. The number of carbonyl (C=O) groups is 1. The fourth-order valence-corrected chi connectivity index (χ4v) is 3.75. The molecule has 1 saturated heterocycles. The molecule has 7 nitrogen and oxygen atoms in total. The highest BCUT2D eigenvalue weighted by Gasteiger charge is 2.33. The van der Waals surface area contributed by atoms with Gasteiger partial charge in [-0.2, -0.15) is 5.10 Å². The minimum absolute atomic E-state index is 0.00896. The van der Waals surface area contributed by atoms with Gasteiger partial charge in [-0.05, 0) is 25.3 Å². The molecule has 3 heterocycles. The van der Waals surface area contributed by atoms with E-state index in [1.165, 1.54) is 0 Å². The summed E-state index contributed by atoms with van der Waals surface area (Å²) >= 11 is 0. The van der Waals surface area contributed by atoms with E-state index in [1.807, 2.05) is 4.90 Å². The van der Waals surface area contributed by atoms with Crippen molar-refractivity contribution in [2.45, 2.75) is 31.4 Å². The van der Waals surface area contributed by atoms with Gasteiger partial charge >= 0.3 is 0 Å². The number of aromatic nitrogens is 3. The Balaban J connectivity index is 1.45. The molecule has 2 atom stereocenters. The van der Waals surface area contributed by atoms with E-state index < -0.39 is 0 Å². The van der Waals surface area contributed by atoms with Gasteiger partial charge in [0, 0.05) is 44.6 Å². The Morgan fingerprint density at radius 3 is 2.78 bits per heavy atom. The third-order valence-corrected chi connectivity index (χ3v) is 5.02. The molecule has 0 unspecified atom stereocenters. The summed E-state index contributed by atoms with van der Waals surface area (Å²) in [5, 5.41) is 14.2. The number of carbonyl (C=O) groups excluding carboxylic acids is 1.